The number of rotatable bonds is 2. The second-order valence-electron chi connectivity index (χ2n) is 4.35. The maximum atomic E-state index is 11.9. The highest BCUT2D eigenvalue weighted by atomic mass is 16.1. The lowest BCUT2D eigenvalue weighted by Gasteiger charge is -2.10. The van der Waals surface area contributed by atoms with Gasteiger partial charge in [0.2, 0.25) is 0 Å². The third-order valence-corrected chi connectivity index (χ3v) is 2.80. The van der Waals surface area contributed by atoms with Crippen LogP contribution in [0.4, 0.5) is 0 Å². The molecule has 0 fully saturated rings. The monoisotopic (exact) mass is 228 g/mol. The Bertz CT molecular complexity index is 561. The van der Waals surface area contributed by atoms with Gasteiger partial charge in [0.15, 0.2) is 0 Å². The zero-order valence-corrected chi connectivity index (χ0v) is 10.3. The van der Waals surface area contributed by atoms with Crippen molar-refractivity contribution in [1.82, 2.24) is 10.3 Å². The molecule has 0 unspecified atom stereocenters. The van der Waals surface area contributed by atoms with Crippen LogP contribution in [0, 0.1) is 0 Å². The lowest BCUT2D eigenvalue weighted by molar-refractivity contribution is 0.0964. The Kier molecular flexibility index (Phi) is 3.09. The summed E-state index contributed by atoms with van der Waals surface area (Å²) in [6.45, 7) is 4.15. The molecule has 1 aromatic heterocycles. The molecule has 0 bridgehead atoms. The molecule has 0 saturated heterocycles. The number of hydrogen-bond donors (Lipinski definition) is 1. The van der Waals surface area contributed by atoms with Crippen molar-refractivity contribution in [2.45, 2.75) is 19.8 Å². The van der Waals surface area contributed by atoms with Crippen molar-refractivity contribution < 1.29 is 4.79 Å². The number of hydrogen-bond acceptors (Lipinski definition) is 2. The van der Waals surface area contributed by atoms with Gasteiger partial charge in [0.25, 0.3) is 5.91 Å². The zero-order valence-electron chi connectivity index (χ0n) is 10.3. The Labute approximate surface area is 101 Å². The lowest BCUT2D eigenvalue weighted by Crippen LogP contribution is -2.18. The van der Waals surface area contributed by atoms with Crippen LogP contribution in [0.5, 0.6) is 0 Å². The minimum Gasteiger partial charge on any atom is -0.355 e. The Hall–Kier alpha value is -1.90. The van der Waals surface area contributed by atoms with Crippen LogP contribution in [0.25, 0.3) is 10.9 Å². The van der Waals surface area contributed by atoms with E-state index in [1.165, 1.54) is 0 Å². The molecule has 0 aliphatic carbocycles. The number of benzene rings is 1. The van der Waals surface area contributed by atoms with Crippen molar-refractivity contribution in [2.75, 3.05) is 7.05 Å². The number of nitrogens with zero attached hydrogens (tertiary/aromatic N) is 1. The van der Waals surface area contributed by atoms with Gasteiger partial charge in [-0.2, -0.15) is 0 Å². The van der Waals surface area contributed by atoms with Crippen molar-refractivity contribution in [2.24, 2.45) is 0 Å². The van der Waals surface area contributed by atoms with Crippen LogP contribution in [0.15, 0.2) is 30.3 Å². The Morgan fingerprint density at radius 2 is 2.00 bits per heavy atom. The summed E-state index contributed by atoms with van der Waals surface area (Å²) in [5.74, 6) is 0.244. The first-order valence-electron chi connectivity index (χ1n) is 5.75. The number of nitrogens with one attached hydrogen (secondary N) is 1. The fraction of sp³-hybridized carbons (Fsp3) is 0.286. The average molecular weight is 228 g/mol. The lowest BCUT2D eigenvalue weighted by atomic mass is 10.0. The molecule has 0 radical (unpaired) electrons. The van der Waals surface area contributed by atoms with E-state index >= 15 is 0 Å². The van der Waals surface area contributed by atoms with Crippen molar-refractivity contribution in [3.05, 3.63) is 41.6 Å². The third-order valence-electron chi connectivity index (χ3n) is 2.80. The predicted octanol–water partition coefficient (Wildman–Crippen LogP) is 2.72. The van der Waals surface area contributed by atoms with E-state index in [1.807, 2.05) is 30.3 Å². The first-order valence-corrected chi connectivity index (χ1v) is 5.75. The van der Waals surface area contributed by atoms with Crippen LogP contribution in [-0.2, 0) is 0 Å². The first kappa shape index (κ1) is 11.6. The van der Waals surface area contributed by atoms with E-state index in [-0.39, 0.29) is 5.91 Å². The van der Waals surface area contributed by atoms with E-state index in [0.29, 0.717) is 11.5 Å². The van der Waals surface area contributed by atoms with Crippen molar-refractivity contribution in [3.8, 4) is 0 Å². The molecule has 2 aromatic rings. The summed E-state index contributed by atoms with van der Waals surface area (Å²) in [5, 5.41) is 3.57. The minimum absolute atomic E-state index is 0.0644. The number of amides is 1. The summed E-state index contributed by atoms with van der Waals surface area (Å²) < 4.78 is 0. The molecule has 0 spiro atoms. The molecule has 1 aromatic carbocycles. The van der Waals surface area contributed by atoms with Crippen LogP contribution >= 0.6 is 0 Å². The van der Waals surface area contributed by atoms with Crippen LogP contribution in [0.2, 0.25) is 0 Å². The van der Waals surface area contributed by atoms with Gasteiger partial charge in [0, 0.05) is 18.1 Å². The molecule has 88 valence electrons. The van der Waals surface area contributed by atoms with Crippen molar-refractivity contribution in [1.29, 1.82) is 0 Å². The van der Waals surface area contributed by atoms with Gasteiger partial charge in [0.1, 0.15) is 0 Å². The van der Waals surface area contributed by atoms with Crippen LogP contribution < -0.4 is 5.32 Å². The maximum absolute atomic E-state index is 11.9. The number of aromatic nitrogens is 1. The molecule has 1 heterocycles. The van der Waals surface area contributed by atoms with Gasteiger partial charge in [0.05, 0.1) is 11.1 Å². The smallest absolute Gasteiger partial charge is 0.251 e. The normalized spacial score (nSPS) is 10.8. The summed E-state index contributed by atoms with van der Waals surface area (Å²) in [4.78, 5) is 16.4. The highest BCUT2D eigenvalue weighted by Gasteiger charge is 2.12. The molecule has 0 aliphatic heterocycles. The quantitative estimate of drug-likeness (QED) is 0.858. The van der Waals surface area contributed by atoms with E-state index < -0.39 is 0 Å². The second kappa shape index (κ2) is 4.53. The van der Waals surface area contributed by atoms with Gasteiger partial charge >= 0.3 is 0 Å². The molecule has 3 nitrogen and oxygen atoms in total. The fourth-order valence-electron chi connectivity index (χ4n) is 1.81. The van der Waals surface area contributed by atoms with E-state index in [1.54, 1.807) is 7.05 Å². The first-order chi connectivity index (χ1) is 8.13. The standard InChI is InChI=1S/C14H16N2O/c1-9(2)13-8-11(14(17)15-3)10-6-4-5-7-12(10)16-13/h4-9H,1-3H3,(H,15,17). The highest BCUT2D eigenvalue weighted by molar-refractivity contribution is 6.06. The molecule has 17 heavy (non-hydrogen) atoms. The second-order valence-corrected chi connectivity index (χ2v) is 4.35. The summed E-state index contributed by atoms with van der Waals surface area (Å²) in [6, 6.07) is 9.61. The van der Waals surface area contributed by atoms with E-state index in [2.05, 4.69) is 24.1 Å². The van der Waals surface area contributed by atoms with Crippen LogP contribution in [-0.4, -0.2) is 17.9 Å². The molecule has 2 rings (SSSR count). The van der Waals surface area contributed by atoms with Crippen molar-refractivity contribution >= 4 is 16.8 Å². The summed E-state index contributed by atoms with van der Waals surface area (Å²) >= 11 is 0. The molecule has 1 N–H and O–H groups in total. The molecular formula is C14H16N2O. The molecule has 3 heteroatoms. The SMILES string of the molecule is CNC(=O)c1cc(C(C)C)nc2ccccc12. The average Bonchev–Trinajstić information content (AvgIpc) is 2.36. The molecule has 0 aliphatic rings. The van der Waals surface area contributed by atoms with Crippen LogP contribution in [0.1, 0.15) is 35.8 Å². The van der Waals surface area contributed by atoms with Crippen molar-refractivity contribution in [3.63, 3.8) is 0 Å². The number of carbonyl (C=O) groups is 1. The summed E-state index contributed by atoms with van der Waals surface area (Å²) in [5.41, 5.74) is 2.52. The van der Waals surface area contributed by atoms with Gasteiger partial charge in [-0.1, -0.05) is 32.0 Å². The minimum atomic E-state index is -0.0644. The van der Waals surface area contributed by atoms with Gasteiger partial charge in [-0.05, 0) is 18.1 Å². The predicted molar refractivity (Wildman–Crippen MR) is 69.2 cm³/mol. The Morgan fingerprint density at radius 1 is 1.29 bits per heavy atom. The third kappa shape index (κ3) is 2.13. The largest absolute Gasteiger partial charge is 0.355 e. The Morgan fingerprint density at radius 3 is 2.65 bits per heavy atom. The molecular weight excluding hydrogens is 212 g/mol. The van der Waals surface area contributed by atoms with Gasteiger partial charge in [-0.15, -0.1) is 0 Å². The molecule has 0 atom stereocenters. The maximum Gasteiger partial charge on any atom is 0.251 e. The summed E-state index contributed by atoms with van der Waals surface area (Å²) in [7, 11) is 1.65. The zero-order chi connectivity index (χ0) is 12.4. The van der Waals surface area contributed by atoms with E-state index in [0.717, 1.165) is 16.6 Å². The number of pyridine rings is 1. The van der Waals surface area contributed by atoms with E-state index in [9.17, 15) is 4.79 Å². The Balaban J connectivity index is 2.73. The van der Waals surface area contributed by atoms with Gasteiger partial charge < -0.3 is 5.32 Å². The van der Waals surface area contributed by atoms with Gasteiger partial charge in [-0.3, -0.25) is 9.78 Å². The van der Waals surface area contributed by atoms with Gasteiger partial charge in [-0.25, -0.2) is 0 Å². The van der Waals surface area contributed by atoms with E-state index in [4.69, 9.17) is 0 Å². The topological polar surface area (TPSA) is 42.0 Å². The highest BCUT2D eigenvalue weighted by Crippen LogP contribution is 2.22. The van der Waals surface area contributed by atoms with Crippen LogP contribution in [0.3, 0.4) is 0 Å². The molecule has 0 saturated carbocycles. The molecule has 1 amide bonds. The fourth-order valence-corrected chi connectivity index (χ4v) is 1.81. The number of carbonyl (C=O) groups excluding carboxylic acids is 1. The summed E-state index contributed by atoms with van der Waals surface area (Å²) in [6.07, 6.45) is 0. The number of fused-ring (bicyclic) bond motifs is 1. The number of para-hydroxylation sites is 1.